The molecule has 2 rings (SSSR count). The molecule has 3 N–H and O–H groups in total. The summed E-state index contributed by atoms with van der Waals surface area (Å²) in [5.74, 6) is 0.454. The zero-order valence-electron chi connectivity index (χ0n) is 14.6. The number of ether oxygens (including phenoxy) is 1. The molecular weight excluding hydrogens is 304 g/mol. The van der Waals surface area contributed by atoms with Gasteiger partial charge in [0.2, 0.25) is 0 Å². The molecule has 0 saturated heterocycles. The van der Waals surface area contributed by atoms with Crippen LogP contribution < -0.4 is 15.8 Å². The summed E-state index contributed by atoms with van der Waals surface area (Å²) in [7, 11) is 1.86. The van der Waals surface area contributed by atoms with Crippen LogP contribution in [-0.4, -0.2) is 28.8 Å². The molecule has 1 amide bonds. The number of rotatable bonds is 8. The third-order valence-electron chi connectivity index (χ3n) is 3.83. The van der Waals surface area contributed by atoms with E-state index < -0.39 is 0 Å². The van der Waals surface area contributed by atoms with Crippen molar-refractivity contribution in [3.05, 3.63) is 47.3 Å². The maximum Gasteiger partial charge on any atom is 0.255 e. The van der Waals surface area contributed by atoms with Gasteiger partial charge in [0.1, 0.15) is 5.75 Å². The molecule has 0 aliphatic rings. The predicted octanol–water partition coefficient (Wildman–Crippen LogP) is 2.34. The minimum Gasteiger partial charge on any atom is -0.493 e. The number of nitrogens with two attached hydrogens (primary N) is 1. The molecule has 0 bridgehead atoms. The van der Waals surface area contributed by atoms with Gasteiger partial charge in [-0.15, -0.1) is 0 Å². The summed E-state index contributed by atoms with van der Waals surface area (Å²) >= 11 is 0. The Kier molecular flexibility index (Phi) is 6.37. The van der Waals surface area contributed by atoms with E-state index in [0.29, 0.717) is 24.5 Å². The number of carbonyl (C=O) groups is 1. The van der Waals surface area contributed by atoms with Crippen LogP contribution in [0.2, 0.25) is 0 Å². The van der Waals surface area contributed by atoms with Crippen LogP contribution in [0.1, 0.15) is 47.3 Å². The Hall–Kier alpha value is -2.34. The van der Waals surface area contributed by atoms with E-state index >= 15 is 0 Å². The SMILES string of the molecule is CC[C@H](NC(=O)c1ccc(C)cc1OCCCN)c1cnn(C)c1. The maximum absolute atomic E-state index is 12.7. The van der Waals surface area contributed by atoms with Gasteiger partial charge in [-0.25, -0.2) is 0 Å². The first-order valence-electron chi connectivity index (χ1n) is 8.28. The summed E-state index contributed by atoms with van der Waals surface area (Å²) in [5, 5.41) is 7.24. The summed E-state index contributed by atoms with van der Waals surface area (Å²) in [6, 6.07) is 5.52. The molecule has 6 nitrogen and oxygen atoms in total. The molecule has 0 fully saturated rings. The van der Waals surface area contributed by atoms with Crippen LogP contribution in [0.15, 0.2) is 30.6 Å². The lowest BCUT2D eigenvalue weighted by molar-refractivity contribution is 0.0931. The highest BCUT2D eigenvalue weighted by molar-refractivity contribution is 5.97. The van der Waals surface area contributed by atoms with E-state index in [2.05, 4.69) is 10.4 Å². The number of amides is 1. The first-order chi connectivity index (χ1) is 11.5. The van der Waals surface area contributed by atoms with Crippen LogP contribution in [0.25, 0.3) is 0 Å². The van der Waals surface area contributed by atoms with E-state index in [9.17, 15) is 4.79 Å². The van der Waals surface area contributed by atoms with E-state index in [0.717, 1.165) is 24.0 Å². The van der Waals surface area contributed by atoms with E-state index in [1.807, 2.05) is 39.2 Å². The summed E-state index contributed by atoms with van der Waals surface area (Å²) in [5.41, 5.74) is 8.09. The largest absolute Gasteiger partial charge is 0.493 e. The number of benzene rings is 1. The molecule has 1 atom stereocenters. The fourth-order valence-corrected chi connectivity index (χ4v) is 2.48. The number of nitrogens with one attached hydrogen (secondary N) is 1. The lowest BCUT2D eigenvalue weighted by Gasteiger charge is -2.17. The first kappa shape index (κ1) is 18.0. The molecule has 0 aliphatic heterocycles. The Bertz CT molecular complexity index is 681. The zero-order valence-corrected chi connectivity index (χ0v) is 14.6. The average Bonchev–Trinajstić information content (AvgIpc) is 2.99. The van der Waals surface area contributed by atoms with Crippen molar-refractivity contribution in [2.24, 2.45) is 12.8 Å². The van der Waals surface area contributed by atoms with E-state index in [1.54, 1.807) is 16.9 Å². The number of aromatic nitrogens is 2. The summed E-state index contributed by atoms with van der Waals surface area (Å²) in [6.07, 6.45) is 5.24. The lowest BCUT2D eigenvalue weighted by atomic mass is 10.1. The van der Waals surface area contributed by atoms with Crippen molar-refractivity contribution in [3.63, 3.8) is 0 Å². The van der Waals surface area contributed by atoms with Crippen LogP contribution in [-0.2, 0) is 7.05 Å². The third kappa shape index (κ3) is 4.58. The molecule has 0 aliphatic carbocycles. The second-order valence-electron chi connectivity index (χ2n) is 5.87. The Labute approximate surface area is 143 Å². The standard InChI is InChI=1S/C18H26N4O2/c1-4-16(14-11-20-22(3)12-14)21-18(23)15-7-6-13(2)10-17(15)24-9-5-8-19/h6-7,10-12,16H,4-5,8-9,19H2,1-3H3,(H,21,23)/t16-/m0/s1. The number of hydrogen-bond acceptors (Lipinski definition) is 4. The highest BCUT2D eigenvalue weighted by Gasteiger charge is 2.18. The number of carbonyl (C=O) groups excluding carboxylic acids is 1. The Morgan fingerprint density at radius 1 is 1.46 bits per heavy atom. The molecule has 0 spiro atoms. The van der Waals surface area contributed by atoms with Gasteiger partial charge in [-0.3, -0.25) is 9.48 Å². The highest BCUT2D eigenvalue weighted by atomic mass is 16.5. The zero-order chi connectivity index (χ0) is 17.5. The van der Waals surface area contributed by atoms with Crippen molar-refractivity contribution in [1.29, 1.82) is 0 Å². The van der Waals surface area contributed by atoms with Crippen molar-refractivity contribution < 1.29 is 9.53 Å². The van der Waals surface area contributed by atoms with E-state index in [4.69, 9.17) is 10.5 Å². The van der Waals surface area contributed by atoms with Gasteiger partial charge in [-0.2, -0.15) is 5.10 Å². The number of nitrogens with zero attached hydrogens (tertiary/aromatic N) is 2. The van der Waals surface area contributed by atoms with Crippen LogP contribution in [0.4, 0.5) is 0 Å². The van der Waals surface area contributed by atoms with Crippen LogP contribution >= 0.6 is 0 Å². The van der Waals surface area contributed by atoms with Gasteiger partial charge in [0.15, 0.2) is 0 Å². The quantitative estimate of drug-likeness (QED) is 0.728. The predicted molar refractivity (Wildman–Crippen MR) is 94.1 cm³/mol. The van der Waals surface area contributed by atoms with Crippen LogP contribution in [0.3, 0.4) is 0 Å². The smallest absolute Gasteiger partial charge is 0.255 e. The van der Waals surface area contributed by atoms with Gasteiger partial charge in [-0.1, -0.05) is 13.0 Å². The molecule has 0 unspecified atom stereocenters. The number of aryl methyl sites for hydroxylation is 2. The van der Waals surface area contributed by atoms with Gasteiger partial charge in [-0.05, 0) is 44.0 Å². The van der Waals surface area contributed by atoms with Gasteiger partial charge < -0.3 is 15.8 Å². The first-order valence-corrected chi connectivity index (χ1v) is 8.28. The third-order valence-corrected chi connectivity index (χ3v) is 3.83. The highest BCUT2D eigenvalue weighted by Crippen LogP contribution is 2.23. The molecule has 1 heterocycles. The Balaban J connectivity index is 2.15. The summed E-state index contributed by atoms with van der Waals surface area (Å²) < 4.78 is 7.48. The minimum absolute atomic E-state index is 0.0793. The molecule has 2 aromatic rings. The van der Waals surface area contributed by atoms with Gasteiger partial charge in [0.05, 0.1) is 24.4 Å². The Morgan fingerprint density at radius 3 is 2.88 bits per heavy atom. The molecule has 130 valence electrons. The molecule has 0 radical (unpaired) electrons. The van der Waals surface area contributed by atoms with Gasteiger partial charge in [0.25, 0.3) is 5.91 Å². The van der Waals surface area contributed by atoms with Crippen molar-refractivity contribution >= 4 is 5.91 Å². The van der Waals surface area contributed by atoms with Crippen LogP contribution in [0.5, 0.6) is 5.75 Å². The van der Waals surface area contributed by atoms with Crippen LogP contribution in [0, 0.1) is 6.92 Å². The fraction of sp³-hybridized carbons (Fsp3) is 0.444. The van der Waals surface area contributed by atoms with Gasteiger partial charge in [0, 0.05) is 18.8 Å². The van der Waals surface area contributed by atoms with E-state index in [-0.39, 0.29) is 11.9 Å². The van der Waals surface area contributed by atoms with Crippen molar-refractivity contribution in [1.82, 2.24) is 15.1 Å². The lowest BCUT2D eigenvalue weighted by Crippen LogP contribution is -2.28. The van der Waals surface area contributed by atoms with Crippen molar-refractivity contribution in [3.8, 4) is 5.75 Å². The number of hydrogen-bond donors (Lipinski definition) is 2. The molecule has 0 saturated carbocycles. The molecular formula is C18H26N4O2. The monoisotopic (exact) mass is 330 g/mol. The van der Waals surface area contributed by atoms with Crippen molar-refractivity contribution in [2.45, 2.75) is 32.7 Å². The molecule has 1 aromatic carbocycles. The topological polar surface area (TPSA) is 82.2 Å². The van der Waals surface area contributed by atoms with Crippen molar-refractivity contribution in [2.75, 3.05) is 13.2 Å². The molecule has 6 heteroatoms. The maximum atomic E-state index is 12.7. The summed E-state index contributed by atoms with van der Waals surface area (Å²) in [6.45, 7) is 5.07. The van der Waals surface area contributed by atoms with Gasteiger partial charge >= 0.3 is 0 Å². The minimum atomic E-state index is -0.145. The molecule has 1 aromatic heterocycles. The fourth-order valence-electron chi connectivity index (χ4n) is 2.48. The summed E-state index contributed by atoms with van der Waals surface area (Å²) in [4.78, 5) is 12.7. The van der Waals surface area contributed by atoms with E-state index in [1.165, 1.54) is 0 Å². The average molecular weight is 330 g/mol. The Morgan fingerprint density at radius 2 is 2.25 bits per heavy atom. The second-order valence-corrected chi connectivity index (χ2v) is 5.87. The second kappa shape index (κ2) is 8.49. The normalized spacial score (nSPS) is 12.0. The molecule has 24 heavy (non-hydrogen) atoms.